The summed E-state index contributed by atoms with van der Waals surface area (Å²) in [4.78, 5) is 0. The molecule has 4 aliphatic rings. The van der Waals surface area contributed by atoms with E-state index in [1.165, 1.54) is 0 Å². The highest BCUT2D eigenvalue weighted by Gasteiger charge is 2.56. The zero-order chi connectivity index (χ0) is 41.2. The molecule has 0 radical (unpaired) electrons. The molecule has 20 unspecified atom stereocenters. The van der Waals surface area contributed by atoms with E-state index in [2.05, 4.69) is 8.37 Å². The van der Waals surface area contributed by atoms with Gasteiger partial charge in [-0.05, 0) is 0 Å². The Morgan fingerprint density at radius 1 is 0.436 bits per heavy atom. The van der Waals surface area contributed by atoms with Crippen molar-refractivity contribution in [3.63, 3.8) is 0 Å². The molecule has 0 amide bonds. The SMILES string of the molecule is COC1OC(CO)C(O)C(OC2OC(COS(=O)(=O)O)C(OC3OC(CO)C(O)C(OC4OC(COS(=O)(=O)O)C(OC)C(O)C4O)C3O)C(O)C2O)C1O. The van der Waals surface area contributed by atoms with Crippen molar-refractivity contribution < 1.29 is 128 Å². The number of methoxy groups -OCH3 is 2. The van der Waals surface area contributed by atoms with Crippen LogP contribution in [0.15, 0.2) is 0 Å². The molecule has 4 rings (SSSR count). The molecule has 4 fully saturated rings. The second-order valence-corrected chi connectivity index (χ2v) is 14.8. The molecule has 0 spiro atoms. The van der Waals surface area contributed by atoms with Crippen molar-refractivity contribution in [3.05, 3.63) is 0 Å². The summed E-state index contributed by atoms with van der Waals surface area (Å²) in [5, 5.41) is 106. The predicted octanol–water partition coefficient (Wildman–Crippen LogP) is -8.79. The molecule has 29 heteroatoms. The molecule has 0 saturated carbocycles. The molecule has 0 aromatic heterocycles. The van der Waals surface area contributed by atoms with Gasteiger partial charge < -0.3 is 93.7 Å². The van der Waals surface area contributed by atoms with Gasteiger partial charge >= 0.3 is 20.8 Å². The van der Waals surface area contributed by atoms with Gasteiger partial charge in [0.1, 0.15) is 97.7 Å². The number of ether oxygens (including phenoxy) is 9. The molecule has 4 saturated heterocycles. The van der Waals surface area contributed by atoms with Crippen LogP contribution in [0.25, 0.3) is 0 Å². The summed E-state index contributed by atoms with van der Waals surface area (Å²) in [6, 6.07) is 0. The molecule has 27 nitrogen and oxygen atoms in total. The molecule has 0 bridgehead atoms. The summed E-state index contributed by atoms with van der Waals surface area (Å²) < 4.78 is 120. The van der Waals surface area contributed by atoms with Crippen molar-refractivity contribution in [2.75, 3.05) is 40.6 Å². The van der Waals surface area contributed by atoms with E-state index in [1.54, 1.807) is 0 Å². The van der Waals surface area contributed by atoms with E-state index < -0.39 is 170 Å². The summed E-state index contributed by atoms with van der Waals surface area (Å²) in [7, 11) is -8.12. The minimum atomic E-state index is -5.23. The summed E-state index contributed by atoms with van der Waals surface area (Å²) >= 11 is 0. The zero-order valence-corrected chi connectivity index (χ0v) is 30.3. The molecule has 0 aromatic carbocycles. The average molecular weight is 855 g/mol. The smallest absolute Gasteiger partial charge is 0.394 e. The lowest BCUT2D eigenvalue weighted by Crippen LogP contribution is -2.67. The Balaban J connectivity index is 1.57. The van der Waals surface area contributed by atoms with Gasteiger partial charge in [0.05, 0.1) is 26.4 Å². The Hall–Kier alpha value is -1.02. The largest absolute Gasteiger partial charge is 0.397 e. The molecule has 4 aliphatic heterocycles. The highest BCUT2D eigenvalue weighted by molar-refractivity contribution is 7.81. The normalized spacial score (nSPS) is 46.1. The van der Waals surface area contributed by atoms with Gasteiger partial charge in [-0.2, -0.15) is 16.8 Å². The zero-order valence-electron chi connectivity index (χ0n) is 28.7. The minimum Gasteiger partial charge on any atom is -0.394 e. The van der Waals surface area contributed by atoms with E-state index >= 15 is 0 Å². The predicted molar refractivity (Wildman–Crippen MR) is 164 cm³/mol. The van der Waals surface area contributed by atoms with Gasteiger partial charge in [-0.1, -0.05) is 0 Å². The molecule has 4 heterocycles. The summed E-state index contributed by atoms with van der Waals surface area (Å²) in [6.45, 7) is -4.03. The highest BCUT2D eigenvalue weighted by atomic mass is 32.3. The average Bonchev–Trinajstić information content (AvgIpc) is 3.12. The van der Waals surface area contributed by atoms with Crippen LogP contribution in [0.3, 0.4) is 0 Å². The summed E-state index contributed by atoms with van der Waals surface area (Å²) in [5.41, 5.74) is 0. The number of aliphatic hydroxyl groups is 10. The maximum atomic E-state index is 11.5. The molecular formula is C26H46O27S2. The van der Waals surface area contributed by atoms with Crippen LogP contribution in [0.1, 0.15) is 0 Å². The lowest BCUT2D eigenvalue weighted by atomic mass is 9.95. The first-order chi connectivity index (χ1) is 25.7. The monoisotopic (exact) mass is 854 g/mol. The Kier molecular flexibility index (Phi) is 16.4. The van der Waals surface area contributed by atoms with E-state index in [-0.39, 0.29) is 0 Å². The van der Waals surface area contributed by atoms with E-state index in [0.29, 0.717) is 0 Å². The van der Waals surface area contributed by atoms with E-state index in [1.807, 2.05) is 0 Å². The number of aliphatic hydroxyl groups excluding tert-OH is 10. The van der Waals surface area contributed by atoms with Gasteiger partial charge in [-0.25, -0.2) is 8.37 Å². The molecule has 0 aliphatic carbocycles. The van der Waals surface area contributed by atoms with Crippen LogP contribution in [-0.4, -0.2) is 240 Å². The van der Waals surface area contributed by atoms with E-state index in [4.69, 9.17) is 47.2 Å². The number of rotatable bonds is 16. The summed E-state index contributed by atoms with van der Waals surface area (Å²) in [5.74, 6) is 0. The lowest BCUT2D eigenvalue weighted by molar-refractivity contribution is -0.389. The molecular weight excluding hydrogens is 808 g/mol. The fourth-order valence-electron chi connectivity index (χ4n) is 6.27. The minimum absolute atomic E-state index is 0.799. The van der Waals surface area contributed by atoms with Crippen molar-refractivity contribution >= 4 is 20.8 Å². The molecule has 0 aromatic rings. The van der Waals surface area contributed by atoms with Gasteiger partial charge in [0.25, 0.3) is 0 Å². The van der Waals surface area contributed by atoms with Crippen molar-refractivity contribution in [1.82, 2.24) is 0 Å². The lowest BCUT2D eigenvalue weighted by Gasteiger charge is -2.49. The Morgan fingerprint density at radius 2 is 0.782 bits per heavy atom. The Morgan fingerprint density at radius 3 is 1.18 bits per heavy atom. The third-order valence-electron chi connectivity index (χ3n) is 9.07. The van der Waals surface area contributed by atoms with Crippen LogP contribution in [0.4, 0.5) is 0 Å². The first-order valence-electron chi connectivity index (χ1n) is 16.2. The van der Waals surface area contributed by atoms with Gasteiger partial charge in [0.15, 0.2) is 25.2 Å². The summed E-state index contributed by atoms with van der Waals surface area (Å²) in [6.07, 6.45) is -37.8. The van der Waals surface area contributed by atoms with Crippen LogP contribution in [0.2, 0.25) is 0 Å². The van der Waals surface area contributed by atoms with Crippen LogP contribution in [-0.2, 0) is 71.8 Å². The third-order valence-corrected chi connectivity index (χ3v) is 9.93. The maximum Gasteiger partial charge on any atom is 0.397 e. The van der Waals surface area contributed by atoms with Crippen LogP contribution >= 0.6 is 0 Å². The molecule has 20 atom stereocenters. The van der Waals surface area contributed by atoms with Gasteiger partial charge in [0.2, 0.25) is 0 Å². The first-order valence-corrected chi connectivity index (χ1v) is 18.9. The van der Waals surface area contributed by atoms with Gasteiger partial charge in [-0.3, -0.25) is 9.11 Å². The standard InChI is InChI=1S/C26H46O27S2/c1-43-19-9(5-45-54(37,38)39)49-24(15(33)13(19)31)53-22-12(30)8(4-28)48-26(18(22)36)51-20-10(6-46-55(40,41)42)50-25(16(34)14(20)32)52-21-11(29)7(3-27)47-23(44-2)17(21)35/h7-36H,3-6H2,1-2H3,(H,37,38,39)(H,40,41,42). The maximum absolute atomic E-state index is 11.5. The van der Waals surface area contributed by atoms with Crippen molar-refractivity contribution in [2.24, 2.45) is 0 Å². The second-order valence-electron chi connectivity index (χ2n) is 12.6. The topological polar surface area (TPSA) is 413 Å². The van der Waals surface area contributed by atoms with Crippen molar-refractivity contribution in [1.29, 1.82) is 0 Å². The van der Waals surface area contributed by atoms with Crippen molar-refractivity contribution in [3.8, 4) is 0 Å². The van der Waals surface area contributed by atoms with Crippen LogP contribution in [0, 0.1) is 0 Å². The highest BCUT2D eigenvalue weighted by Crippen LogP contribution is 2.35. The second kappa shape index (κ2) is 19.4. The van der Waals surface area contributed by atoms with E-state index in [9.17, 15) is 72.5 Å². The Labute approximate surface area is 312 Å². The third kappa shape index (κ3) is 11.2. The molecule has 324 valence electrons. The van der Waals surface area contributed by atoms with E-state index in [0.717, 1.165) is 14.2 Å². The van der Waals surface area contributed by atoms with Crippen LogP contribution < -0.4 is 0 Å². The first kappa shape index (κ1) is 46.7. The quantitative estimate of drug-likeness (QED) is 0.0641. The fraction of sp³-hybridized carbons (Fsp3) is 1.00. The van der Waals surface area contributed by atoms with Crippen LogP contribution in [0.5, 0.6) is 0 Å². The van der Waals surface area contributed by atoms with Gasteiger partial charge in [0, 0.05) is 14.2 Å². The number of hydrogen-bond donors (Lipinski definition) is 12. The Bertz CT molecular complexity index is 1410. The number of hydrogen-bond acceptors (Lipinski definition) is 25. The fourth-order valence-corrected chi connectivity index (χ4v) is 6.88. The van der Waals surface area contributed by atoms with Gasteiger partial charge in [-0.15, -0.1) is 0 Å². The van der Waals surface area contributed by atoms with Crippen molar-refractivity contribution in [2.45, 2.75) is 123 Å². The molecule has 55 heavy (non-hydrogen) atoms. The molecule has 12 N–H and O–H groups in total.